The van der Waals surface area contributed by atoms with Crippen LogP contribution in [-0.4, -0.2) is 47.8 Å². The fraction of sp³-hybridized carbons (Fsp3) is 0.545. The molecule has 0 aliphatic carbocycles. The third-order valence-electron chi connectivity index (χ3n) is 5.26. The normalized spacial score (nSPS) is 13.1. The molecule has 0 fully saturated rings. The average Bonchev–Trinajstić information content (AvgIpc) is 2.91. The molecule has 6 heteroatoms. The van der Waals surface area contributed by atoms with Crippen molar-refractivity contribution >= 4 is 5.96 Å². The monoisotopic (exact) mass is 384 g/mol. The number of rotatable bonds is 8. The van der Waals surface area contributed by atoms with Gasteiger partial charge in [0.25, 0.3) is 0 Å². The van der Waals surface area contributed by atoms with Crippen LogP contribution in [0.15, 0.2) is 29.3 Å². The Morgan fingerprint density at radius 1 is 1.14 bits per heavy atom. The van der Waals surface area contributed by atoms with E-state index in [0.29, 0.717) is 6.54 Å². The first-order chi connectivity index (χ1) is 13.4. The first kappa shape index (κ1) is 22.0. The highest BCUT2D eigenvalue weighted by molar-refractivity contribution is 5.79. The van der Waals surface area contributed by atoms with Gasteiger partial charge in [0.15, 0.2) is 5.96 Å². The lowest BCUT2D eigenvalue weighted by Crippen LogP contribution is -2.41. The lowest BCUT2D eigenvalue weighted by molar-refractivity contribution is 0.298. The Labute approximate surface area is 170 Å². The molecule has 2 N–H and O–H groups in total. The number of hydrogen-bond acceptors (Lipinski definition) is 3. The molecule has 0 spiro atoms. The fourth-order valence-corrected chi connectivity index (χ4v) is 3.31. The average molecular weight is 385 g/mol. The first-order valence-corrected chi connectivity index (χ1v) is 10.1. The lowest BCUT2D eigenvalue weighted by Gasteiger charge is -2.26. The molecule has 28 heavy (non-hydrogen) atoms. The van der Waals surface area contributed by atoms with E-state index in [-0.39, 0.29) is 6.04 Å². The van der Waals surface area contributed by atoms with E-state index in [9.17, 15) is 0 Å². The van der Waals surface area contributed by atoms with E-state index in [1.54, 1.807) is 0 Å². The minimum absolute atomic E-state index is 0.275. The van der Waals surface area contributed by atoms with Crippen LogP contribution in [-0.2, 0) is 20.0 Å². The van der Waals surface area contributed by atoms with Gasteiger partial charge in [-0.25, -0.2) is 4.99 Å². The van der Waals surface area contributed by atoms with E-state index in [4.69, 9.17) is 4.99 Å². The second-order valence-electron chi connectivity index (χ2n) is 7.42. The van der Waals surface area contributed by atoms with Crippen LogP contribution in [0.5, 0.6) is 0 Å². The molecule has 1 atom stereocenters. The predicted octanol–water partition coefficient (Wildman–Crippen LogP) is 2.96. The van der Waals surface area contributed by atoms with Crippen molar-refractivity contribution in [2.24, 2.45) is 12.0 Å². The van der Waals surface area contributed by atoms with Crippen LogP contribution in [0.3, 0.4) is 0 Å². The van der Waals surface area contributed by atoms with Gasteiger partial charge < -0.3 is 15.5 Å². The first-order valence-electron chi connectivity index (χ1n) is 10.1. The molecule has 0 bridgehead atoms. The summed E-state index contributed by atoms with van der Waals surface area (Å²) >= 11 is 0. The number of guanidine groups is 1. The summed E-state index contributed by atoms with van der Waals surface area (Å²) in [6.45, 7) is 10.6. The molecule has 2 aromatic rings. The van der Waals surface area contributed by atoms with Crippen molar-refractivity contribution in [3.05, 3.63) is 52.3 Å². The molecule has 6 nitrogen and oxygen atoms in total. The molecular weight excluding hydrogens is 348 g/mol. The van der Waals surface area contributed by atoms with Crippen LogP contribution in [0, 0.1) is 13.8 Å². The van der Waals surface area contributed by atoms with Gasteiger partial charge >= 0.3 is 0 Å². The molecule has 1 unspecified atom stereocenters. The van der Waals surface area contributed by atoms with Crippen molar-refractivity contribution in [3.8, 4) is 0 Å². The van der Waals surface area contributed by atoms with Crippen LogP contribution in [0.25, 0.3) is 0 Å². The van der Waals surface area contributed by atoms with Crippen molar-refractivity contribution < 1.29 is 0 Å². The summed E-state index contributed by atoms with van der Waals surface area (Å²) < 4.78 is 1.92. The van der Waals surface area contributed by atoms with Gasteiger partial charge in [-0.1, -0.05) is 31.2 Å². The van der Waals surface area contributed by atoms with Gasteiger partial charge in [-0.05, 0) is 52.4 Å². The summed E-state index contributed by atoms with van der Waals surface area (Å²) in [5.41, 5.74) is 6.08. The van der Waals surface area contributed by atoms with Crippen LogP contribution in [0.4, 0.5) is 0 Å². The van der Waals surface area contributed by atoms with Crippen LogP contribution in [0.2, 0.25) is 0 Å². The number of nitrogens with zero attached hydrogens (tertiary/aromatic N) is 4. The molecule has 0 saturated carbocycles. The Kier molecular flexibility index (Phi) is 8.05. The Morgan fingerprint density at radius 2 is 1.82 bits per heavy atom. The Hall–Kier alpha value is -2.34. The van der Waals surface area contributed by atoms with Crippen molar-refractivity contribution in [1.82, 2.24) is 25.3 Å². The van der Waals surface area contributed by atoms with E-state index in [1.165, 1.54) is 22.4 Å². The van der Waals surface area contributed by atoms with E-state index in [1.807, 2.05) is 18.7 Å². The zero-order valence-electron chi connectivity index (χ0n) is 18.5. The van der Waals surface area contributed by atoms with Gasteiger partial charge in [0.2, 0.25) is 0 Å². The molecular formula is C22H36N6. The largest absolute Gasteiger partial charge is 0.357 e. The second kappa shape index (κ2) is 10.3. The summed E-state index contributed by atoms with van der Waals surface area (Å²) in [6.07, 6.45) is 1.07. The standard InChI is InChI=1S/C22H36N6/c1-8-18-10-12-19(13-11-18)21(27(5)6)15-25-22(23-9-2)24-14-20-16(3)26-28(7)17(20)4/h10-13,21H,8-9,14-15H2,1-7H3,(H2,23,24,25). The molecule has 2 rings (SSSR count). The molecule has 1 aromatic heterocycles. The second-order valence-corrected chi connectivity index (χ2v) is 7.42. The van der Waals surface area contributed by atoms with Crippen molar-refractivity contribution in [1.29, 1.82) is 0 Å². The maximum atomic E-state index is 4.79. The number of aliphatic imine (C=N–C) groups is 1. The highest BCUT2D eigenvalue weighted by Crippen LogP contribution is 2.18. The molecule has 154 valence electrons. The smallest absolute Gasteiger partial charge is 0.191 e. The zero-order chi connectivity index (χ0) is 20.7. The summed E-state index contributed by atoms with van der Waals surface area (Å²) in [6, 6.07) is 9.18. The molecule has 0 aliphatic rings. The molecule has 0 aliphatic heterocycles. The number of likely N-dealkylation sites (N-methyl/N-ethyl adjacent to an activating group) is 1. The summed E-state index contributed by atoms with van der Waals surface area (Å²) in [4.78, 5) is 7.04. The highest BCUT2D eigenvalue weighted by atomic mass is 15.3. The third-order valence-corrected chi connectivity index (χ3v) is 5.26. The third kappa shape index (κ3) is 5.58. The Bertz CT molecular complexity index is 773. The minimum Gasteiger partial charge on any atom is -0.357 e. The molecule has 0 saturated heterocycles. The van der Waals surface area contributed by atoms with Gasteiger partial charge in [0, 0.05) is 31.4 Å². The SMILES string of the molecule is CCNC(=NCc1c(C)nn(C)c1C)NCC(c1ccc(CC)cc1)N(C)C. The molecule has 0 radical (unpaired) electrons. The number of hydrogen-bond donors (Lipinski definition) is 2. The number of aryl methyl sites for hydroxylation is 3. The maximum Gasteiger partial charge on any atom is 0.191 e. The number of aromatic nitrogens is 2. The fourth-order valence-electron chi connectivity index (χ4n) is 3.31. The number of nitrogens with one attached hydrogen (secondary N) is 2. The molecule has 1 heterocycles. The van der Waals surface area contributed by atoms with Crippen LogP contribution in [0.1, 0.15) is 48.0 Å². The zero-order valence-corrected chi connectivity index (χ0v) is 18.5. The topological polar surface area (TPSA) is 57.5 Å². The molecule has 0 amide bonds. The minimum atomic E-state index is 0.275. The summed E-state index contributed by atoms with van der Waals surface area (Å²) in [7, 11) is 6.21. The predicted molar refractivity (Wildman–Crippen MR) is 118 cm³/mol. The highest BCUT2D eigenvalue weighted by Gasteiger charge is 2.15. The molecule has 1 aromatic carbocycles. The quantitative estimate of drug-likeness (QED) is 0.543. The number of benzene rings is 1. The van der Waals surface area contributed by atoms with Gasteiger partial charge in [0.1, 0.15) is 0 Å². The van der Waals surface area contributed by atoms with Crippen LogP contribution < -0.4 is 10.6 Å². The summed E-state index contributed by atoms with van der Waals surface area (Å²) in [5, 5.41) is 11.4. The van der Waals surface area contributed by atoms with Crippen molar-refractivity contribution in [2.75, 3.05) is 27.2 Å². The van der Waals surface area contributed by atoms with E-state index < -0.39 is 0 Å². The van der Waals surface area contributed by atoms with E-state index >= 15 is 0 Å². The van der Waals surface area contributed by atoms with E-state index in [0.717, 1.165) is 31.2 Å². The summed E-state index contributed by atoms with van der Waals surface area (Å²) in [5.74, 6) is 0.835. The van der Waals surface area contributed by atoms with Gasteiger partial charge in [0.05, 0.1) is 18.3 Å². The van der Waals surface area contributed by atoms with Gasteiger partial charge in [-0.15, -0.1) is 0 Å². The van der Waals surface area contributed by atoms with Gasteiger partial charge in [-0.2, -0.15) is 5.10 Å². The Morgan fingerprint density at radius 3 is 2.32 bits per heavy atom. The Balaban J connectivity index is 2.10. The van der Waals surface area contributed by atoms with Crippen molar-refractivity contribution in [2.45, 2.75) is 46.7 Å². The van der Waals surface area contributed by atoms with Crippen molar-refractivity contribution in [3.63, 3.8) is 0 Å². The van der Waals surface area contributed by atoms with E-state index in [2.05, 4.69) is 79.8 Å². The van der Waals surface area contributed by atoms with Gasteiger partial charge in [-0.3, -0.25) is 4.68 Å². The van der Waals surface area contributed by atoms with Crippen LogP contribution >= 0.6 is 0 Å². The lowest BCUT2D eigenvalue weighted by atomic mass is 10.0. The maximum absolute atomic E-state index is 4.79.